The molecule has 0 spiro atoms. The number of para-hydroxylation sites is 1. The van der Waals surface area contributed by atoms with Gasteiger partial charge in [-0.25, -0.2) is 4.68 Å². The average molecular weight is 370 g/mol. The van der Waals surface area contributed by atoms with E-state index in [4.69, 9.17) is 8.92 Å². The molecule has 1 unspecified atom stereocenters. The molecule has 0 amide bonds. The van der Waals surface area contributed by atoms with Gasteiger partial charge in [0.1, 0.15) is 5.75 Å². The van der Waals surface area contributed by atoms with Gasteiger partial charge in [0.2, 0.25) is 5.16 Å². The minimum atomic E-state index is -3.65. The Morgan fingerprint density at radius 2 is 2.17 bits per heavy atom. The number of ether oxygens (including phenoxy) is 1. The summed E-state index contributed by atoms with van der Waals surface area (Å²) in [5.74, 6) is 0.492. The summed E-state index contributed by atoms with van der Waals surface area (Å²) in [5, 5.41) is 12.1. The number of aromatic nitrogens is 4. The average Bonchev–Trinajstić information content (AvgIpc) is 3.21. The standard InChI is InChI=1S/C14H18N4O4S2/c19-24(20,22-12-5-2-1-3-6-12)10-9-23-14-15-16-17-18(14)11-13-7-4-8-21-13/h1-3,5-6,13H,4,7-11H2. The van der Waals surface area contributed by atoms with E-state index in [0.29, 0.717) is 23.2 Å². The van der Waals surface area contributed by atoms with E-state index in [1.165, 1.54) is 11.8 Å². The smallest absolute Gasteiger partial charge is 0.310 e. The highest BCUT2D eigenvalue weighted by molar-refractivity contribution is 8.00. The molecule has 1 saturated heterocycles. The number of rotatable bonds is 8. The summed E-state index contributed by atoms with van der Waals surface area (Å²) < 4.78 is 36.2. The summed E-state index contributed by atoms with van der Waals surface area (Å²) in [6.07, 6.45) is 2.16. The van der Waals surface area contributed by atoms with Crippen LogP contribution in [0.4, 0.5) is 0 Å². The van der Waals surface area contributed by atoms with E-state index in [1.54, 1.807) is 35.0 Å². The van der Waals surface area contributed by atoms with Gasteiger partial charge in [-0.15, -0.1) is 5.10 Å². The van der Waals surface area contributed by atoms with Crippen LogP contribution in [0.25, 0.3) is 0 Å². The minimum absolute atomic E-state index is 0.123. The lowest BCUT2D eigenvalue weighted by atomic mass is 10.2. The quantitative estimate of drug-likeness (QED) is 0.507. The van der Waals surface area contributed by atoms with Crippen LogP contribution in [-0.4, -0.2) is 52.8 Å². The lowest BCUT2D eigenvalue weighted by molar-refractivity contribution is 0.0912. The van der Waals surface area contributed by atoms with E-state index < -0.39 is 10.1 Å². The van der Waals surface area contributed by atoms with Gasteiger partial charge < -0.3 is 8.92 Å². The van der Waals surface area contributed by atoms with Gasteiger partial charge >= 0.3 is 10.1 Å². The molecule has 0 radical (unpaired) electrons. The molecule has 130 valence electrons. The maximum Gasteiger partial charge on any atom is 0.310 e. The van der Waals surface area contributed by atoms with Crippen LogP contribution in [-0.2, 0) is 21.4 Å². The first kappa shape index (κ1) is 17.2. The summed E-state index contributed by atoms with van der Waals surface area (Å²) in [4.78, 5) is 0. The molecule has 2 heterocycles. The second kappa shape index (κ2) is 7.95. The van der Waals surface area contributed by atoms with Crippen molar-refractivity contribution in [2.75, 3.05) is 18.1 Å². The van der Waals surface area contributed by atoms with Gasteiger partial charge in [-0.3, -0.25) is 0 Å². The van der Waals surface area contributed by atoms with Crippen LogP contribution >= 0.6 is 11.8 Å². The molecule has 1 aromatic heterocycles. The number of tetrazole rings is 1. The second-order valence-electron chi connectivity index (χ2n) is 5.29. The van der Waals surface area contributed by atoms with Crippen LogP contribution in [0, 0.1) is 0 Å². The fourth-order valence-corrected chi connectivity index (χ4v) is 4.47. The Kier molecular flexibility index (Phi) is 5.69. The molecule has 0 saturated carbocycles. The third-order valence-electron chi connectivity index (χ3n) is 3.43. The fourth-order valence-electron chi connectivity index (χ4n) is 2.29. The first-order valence-electron chi connectivity index (χ1n) is 7.60. The Bertz CT molecular complexity index is 745. The monoisotopic (exact) mass is 370 g/mol. The van der Waals surface area contributed by atoms with E-state index >= 15 is 0 Å². The van der Waals surface area contributed by atoms with Gasteiger partial charge in [-0.05, 0) is 35.4 Å². The lowest BCUT2D eigenvalue weighted by Gasteiger charge is -2.10. The SMILES string of the molecule is O=S(=O)(CCSc1nnnn1CC1CCCO1)Oc1ccccc1. The number of hydrogen-bond acceptors (Lipinski definition) is 8. The summed E-state index contributed by atoms with van der Waals surface area (Å²) in [7, 11) is -3.65. The van der Waals surface area contributed by atoms with Crippen molar-refractivity contribution >= 4 is 21.9 Å². The molecule has 1 aromatic carbocycles. The summed E-state index contributed by atoms with van der Waals surface area (Å²) in [5.41, 5.74) is 0. The van der Waals surface area contributed by atoms with Gasteiger partial charge in [-0.2, -0.15) is 8.42 Å². The van der Waals surface area contributed by atoms with E-state index in [1.807, 2.05) is 0 Å². The van der Waals surface area contributed by atoms with E-state index in [0.717, 1.165) is 19.4 Å². The van der Waals surface area contributed by atoms with Crippen LogP contribution in [0.1, 0.15) is 12.8 Å². The maximum absolute atomic E-state index is 12.0. The van der Waals surface area contributed by atoms with Crippen molar-refractivity contribution in [3.63, 3.8) is 0 Å². The summed E-state index contributed by atoms with van der Waals surface area (Å²) >= 11 is 1.29. The Morgan fingerprint density at radius 3 is 2.92 bits per heavy atom. The molecule has 1 atom stereocenters. The molecule has 0 aliphatic carbocycles. The molecule has 1 aliphatic heterocycles. The molecule has 1 fully saturated rings. The second-order valence-corrected chi connectivity index (χ2v) is 8.04. The molecular formula is C14H18N4O4S2. The van der Waals surface area contributed by atoms with Crippen molar-refractivity contribution in [3.05, 3.63) is 30.3 Å². The third-order valence-corrected chi connectivity index (χ3v) is 5.80. The van der Waals surface area contributed by atoms with Crippen LogP contribution in [0.15, 0.2) is 35.5 Å². The van der Waals surface area contributed by atoms with Crippen molar-refractivity contribution in [2.45, 2.75) is 30.6 Å². The van der Waals surface area contributed by atoms with Crippen molar-refractivity contribution in [1.82, 2.24) is 20.2 Å². The van der Waals surface area contributed by atoms with Crippen LogP contribution in [0.5, 0.6) is 5.75 Å². The zero-order chi connectivity index (χ0) is 16.8. The molecule has 24 heavy (non-hydrogen) atoms. The van der Waals surface area contributed by atoms with Gasteiger partial charge in [-0.1, -0.05) is 30.0 Å². The highest BCUT2D eigenvalue weighted by atomic mass is 32.2. The Balaban J connectivity index is 1.50. The van der Waals surface area contributed by atoms with E-state index in [9.17, 15) is 8.42 Å². The molecular weight excluding hydrogens is 352 g/mol. The van der Waals surface area contributed by atoms with Crippen LogP contribution in [0.2, 0.25) is 0 Å². The molecule has 3 rings (SSSR count). The Morgan fingerprint density at radius 1 is 1.33 bits per heavy atom. The molecule has 0 bridgehead atoms. The number of benzene rings is 1. The van der Waals surface area contributed by atoms with Crippen LogP contribution in [0.3, 0.4) is 0 Å². The van der Waals surface area contributed by atoms with Gasteiger partial charge in [0.25, 0.3) is 0 Å². The summed E-state index contributed by atoms with van der Waals surface area (Å²) in [6.45, 7) is 1.35. The first-order valence-corrected chi connectivity index (χ1v) is 10.2. The highest BCUT2D eigenvalue weighted by Crippen LogP contribution is 2.19. The molecule has 8 nitrogen and oxygen atoms in total. The van der Waals surface area contributed by atoms with Crippen molar-refractivity contribution in [2.24, 2.45) is 0 Å². The predicted octanol–water partition coefficient (Wildman–Crippen LogP) is 1.35. The van der Waals surface area contributed by atoms with Gasteiger partial charge in [0.15, 0.2) is 0 Å². The fraction of sp³-hybridized carbons (Fsp3) is 0.500. The molecule has 0 N–H and O–H groups in total. The predicted molar refractivity (Wildman–Crippen MR) is 88.4 cm³/mol. The zero-order valence-corrected chi connectivity index (χ0v) is 14.6. The first-order chi connectivity index (χ1) is 11.6. The number of hydrogen-bond donors (Lipinski definition) is 0. The van der Waals surface area contributed by atoms with Crippen molar-refractivity contribution in [3.8, 4) is 5.75 Å². The maximum atomic E-state index is 12.0. The Labute approximate surface area is 144 Å². The number of nitrogens with zero attached hydrogens (tertiary/aromatic N) is 4. The minimum Gasteiger partial charge on any atom is -0.382 e. The largest absolute Gasteiger partial charge is 0.382 e. The zero-order valence-electron chi connectivity index (χ0n) is 12.9. The van der Waals surface area contributed by atoms with Gasteiger partial charge in [0, 0.05) is 12.4 Å². The normalized spacial score (nSPS) is 17.9. The molecule has 1 aliphatic rings. The van der Waals surface area contributed by atoms with Crippen molar-refractivity contribution in [1.29, 1.82) is 0 Å². The third kappa shape index (κ3) is 4.92. The van der Waals surface area contributed by atoms with E-state index in [2.05, 4.69) is 15.5 Å². The molecule has 2 aromatic rings. The topological polar surface area (TPSA) is 96.2 Å². The van der Waals surface area contributed by atoms with Crippen molar-refractivity contribution < 1.29 is 17.3 Å². The van der Waals surface area contributed by atoms with Crippen LogP contribution < -0.4 is 4.18 Å². The Hall–Kier alpha value is -1.65. The lowest BCUT2D eigenvalue weighted by Crippen LogP contribution is -2.18. The van der Waals surface area contributed by atoms with Gasteiger partial charge in [0.05, 0.1) is 18.4 Å². The summed E-state index contributed by atoms with van der Waals surface area (Å²) in [6, 6.07) is 8.45. The molecule has 10 heteroatoms. The number of thioether (sulfide) groups is 1. The highest BCUT2D eigenvalue weighted by Gasteiger charge is 2.20. The van der Waals surface area contributed by atoms with E-state index in [-0.39, 0.29) is 11.9 Å².